The van der Waals surface area contributed by atoms with Crippen molar-refractivity contribution in [3.05, 3.63) is 74.6 Å². The number of aliphatic hydroxyl groups is 1. The van der Waals surface area contributed by atoms with E-state index in [4.69, 9.17) is 0 Å². The third-order valence-electron chi connectivity index (χ3n) is 3.97. The van der Waals surface area contributed by atoms with Crippen molar-refractivity contribution in [1.82, 2.24) is 5.32 Å². The van der Waals surface area contributed by atoms with Gasteiger partial charge in [-0.05, 0) is 46.7 Å². The Hall–Kier alpha value is -2.00. The van der Waals surface area contributed by atoms with E-state index in [1.54, 1.807) is 18.2 Å². The lowest BCUT2D eigenvalue weighted by Crippen LogP contribution is -2.24. The average molecular weight is 422 g/mol. The molecule has 0 aliphatic carbocycles. The quantitative estimate of drug-likeness (QED) is 0.584. The molecule has 1 amide bonds. The highest BCUT2D eigenvalue weighted by molar-refractivity contribution is 7.91. The molecule has 1 unspecified atom stereocenters. The van der Waals surface area contributed by atoms with Gasteiger partial charge in [0.15, 0.2) is 9.84 Å². The molecule has 0 fully saturated rings. The van der Waals surface area contributed by atoms with Gasteiger partial charge in [-0.2, -0.15) is 11.3 Å². The molecular weight excluding hydrogens is 402 g/mol. The van der Waals surface area contributed by atoms with Crippen molar-refractivity contribution in [2.45, 2.75) is 24.0 Å². The Labute approximate surface area is 166 Å². The first-order valence-corrected chi connectivity index (χ1v) is 11.7. The van der Waals surface area contributed by atoms with Gasteiger partial charge in [-0.3, -0.25) is 4.79 Å². The molecule has 2 aromatic heterocycles. The number of nitrogens with one attached hydrogen (secondary N) is 1. The van der Waals surface area contributed by atoms with Gasteiger partial charge in [-0.1, -0.05) is 18.2 Å². The molecular formula is C19H19NO4S3. The van der Waals surface area contributed by atoms with Gasteiger partial charge >= 0.3 is 0 Å². The normalized spacial score (nSPS) is 12.6. The van der Waals surface area contributed by atoms with Gasteiger partial charge < -0.3 is 10.4 Å². The van der Waals surface area contributed by atoms with Crippen molar-refractivity contribution in [2.75, 3.05) is 5.75 Å². The van der Waals surface area contributed by atoms with Crippen LogP contribution in [0.2, 0.25) is 0 Å². The lowest BCUT2D eigenvalue weighted by atomic mass is 10.2. The number of sulfone groups is 1. The second-order valence-electron chi connectivity index (χ2n) is 5.92. The van der Waals surface area contributed by atoms with Gasteiger partial charge in [-0.25, -0.2) is 8.42 Å². The minimum Gasteiger partial charge on any atom is -0.383 e. The van der Waals surface area contributed by atoms with Crippen molar-refractivity contribution < 1.29 is 18.3 Å². The SMILES string of the molecule is O=C(CCS(=O)(=O)c1ccccc1)NCc1ccc(C(O)c2ccsc2)s1. The summed E-state index contributed by atoms with van der Waals surface area (Å²) in [5.41, 5.74) is 0.851. The van der Waals surface area contributed by atoms with E-state index in [-0.39, 0.29) is 23.0 Å². The van der Waals surface area contributed by atoms with E-state index in [9.17, 15) is 18.3 Å². The maximum atomic E-state index is 12.2. The van der Waals surface area contributed by atoms with Crippen molar-refractivity contribution in [1.29, 1.82) is 0 Å². The first kappa shape index (κ1) is 19.8. The molecule has 1 atom stereocenters. The summed E-state index contributed by atoms with van der Waals surface area (Å²) in [6, 6.07) is 13.7. The standard InChI is InChI=1S/C19H19NO4S3/c21-18(9-11-27(23,24)16-4-2-1-3-5-16)20-12-15-6-7-17(26-15)19(22)14-8-10-25-13-14/h1-8,10,13,19,22H,9,11-12H2,(H,20,21). The number of thiophene rings is 2. The predicted molar refractivity (Wildman–Crippen MR) is 108 cm³/mol. The van der Waals surface area contributed by atoms with E-state index in [2.05, 4.69) is 5.32 Å². The molecule has 0 saturated heterocycles. The van der Waals surface area contributed by atoms with E-state index in [1.807, 2.05) is 29.0 Å². The Morgan fingerprint density at radius 3 is 2.59 bits per heavy atom. The molecule has 0 aliphatic heterocycles. The van der Waals surface area contributed by atoms with Crippen LogP contribution in [0.1, 0.15) is 27.8 Å². The zero-order valence-electron chi connectivity index (χ0n) is 14.4. The molecule has 0 aliphatic rings. The topological polar surface area (TPSA) is 83.5 Å². The van der Waals surface area contributed by atoms with Crippen LogP contribution < -0.4 is 5.32 Å². The van der Waals surface area contributed by atoms with Crippen molar-refractivity contribution in [3.63, 3.8) is 0 Å². The number of benzene rings is 1. The van der Waals surface area contributed by atoms with E-state index in [0.717, 1.165) is 15.3 Å². The Balaban J connectivity index is 1.50. The summed E-state index contributed by atoms with van der Waals surface area (Å²) in [4.78, 5) is 13.9. The summed E-state index contributed by atoms with van der Waals surface area (Å²) in [6.45, 7) is 0.311. The monoisotopic (exact) mass is 421 g/mol. The van der Waals surface area contributed by atoms with Crippen LogP contribution in [0.5, 0.6) is 0 Å². The van der Waals surface area contributed by atoms with Crippen molar-refractivity contribution >= 4 is 38.4 Å². The molecule has 0 spiro atoms. The summed E-state index contributed by atoms with van der Waals surface area (Å²) < 4.78 is 24.4. The van der Waals surface area contributed by atoms with E-state index >= 15 is 0 Å². The maximum absolute atomic E-state index is 12.2. The zero-order valence-corrected chi connectivity index (χ0v) is 16.8. The molecule has 27 heavy (non-hydrogen) atoms. The fourth-order valence-corrected chi connectivity index (χ4v) is 5.39. The zero-order chi connectivity index (χ0) is 19.3. The molecule has 3 aromatic rings. The lowest BCUT2D eigenvalue weighted by Gasteiger charge is -2.06. The highest BCUT2D eigenvalue weighted by Crippen LogP contribution is 2.29. The largest absolute Gasteiger partial charge is 0.383 e. The van der Waals surface area contributed by atoms with E-state index < -0.39 is 15.9 Å². The van der Waals surface area contributed by atoms with Crippen LogP contribution in [0, 0.1) is 0 Å². The third kappa shape index (κ3) is 5.26. The molecule has 1 aromatic carbocycles. The summed E-state index contributed by atoms with van der Waals surface area (Å²) >= 11 is 2.95. The van der Waals surface area contributed by atoms with Gasteiger partial charge in [0, 0.05) is 16.2 Å². The number of aliphatic hydroxyl groups excluding tert-OH is 1. The Morgan fingerprint density at radius 1 is 1.11 bits per heavy atom. The molecule has 0 saturated carbocycles. The number of carbonyl (C=O) groups is 1. The van der Waals surface area contributed by atoms with Gasteiger partial charge in [0.25, 0.3) is 0 Å². The number of rotatable bonds is 8. The molecule has 5 nitrogen and oxygen atoms in total. The summed E-state index contributed by atoms with van der Waals surface area (Å²) in [6.07, 6.45) is -0.755. The number of carbonyl (C=O) groups excluding carboxylic acids is 1. The molecule has 0 radical (unpaired) electrons. The van der Waals surface area contributed by atoms with Gasteiger partial charge in [-0.15, -0.1) is 11.3 Å². The average Bonchev–Trinajstić information content (AvgIpc) is 3.37. The highest BCUT2D eigenvalue weighted by Gasteiger charge is 2.17. The summed E-state index contributed by atoms with van der Waals surface area (Å²) in [5, 5.41) is 16.9. The number of hydrogen-bond donors (Lipinski definition) is 2. The molecule has 3 rings (SSSR count). The second kappa shape index (κ2) is 8.79. The third-order valence-corrected chi connectivity index (χ3v) is 7.54. The number of hydrogen-bond acceptors (Lipinski definition) is 6. The van der Waals surface area contributed by atoms with Crippen LogP contribution in [0.25, 0.3) is 0 Å². The molecule has 2 heterocycles. The van der Waals surface area contributed by atoms with E-state index in [1.165, 1.54) is 34.8 Å². The molecule has 0 bridgehead atoms. The minimum atomic E-state index is -3.46. The van der Waals surface area contributed by atoms with Crippen molar-refractivity contribution in [2.24, 2.45) is 0 Å². The van der Waals surface area contributed by atoms with Crippen LogP contribution >= 0.6 is 22.7 Å². The van der Waals surface area contributed by atoms with Crippen molar-refractivity contribution in [3.8, 4) is 0 Å². The van der Waals surface area contributed by atoms with Crippen LogP contribution in [0.4, 0.5) is 0 Å². The summed E-state index contributed by atoms with van der Waals surface area (Å²) in [5.74, 6) is -0.544. The molecule has 142 valence electrons. The Bertz CT molecular complexity index is 979. The highest BCUT2D eigenvalue weighted by atomic mass is 32.2. The van der Waals surface area contributed by atoms with Gasteiger partial charge in [0.1, 0.15) is 6.10 Å². The van der Waals surface area contributed by atoms with Gasteiger partial charge in [0.2, 0.25) is 5.91 Å². The Kier molecular flexibility index (Phi) is 6.43. The first-order valence-electron chi connectivity index (χ1n) is 8.29. The summed E-state index contributed by atoms with van der Waals surface area (Å²) in [7, 11) is -3.46. The fraction of sp³-hybridized carbons (Fsp3) is 0.211. The van der Waals surface area contributed by atoms with Crippen LogP contribution in [-0.4, -0.2) is 25.2 Å². The second-order valence-corrected chi connectivity index (χ2v) is 10.0. The fourth-order valence-electron chi connectivity index (χ4n) is 2.48. The van der Waals surface area contributed by atoms with Crippen LogP contribution in [0.3, 0.4) is 0 Å². The Morgan fingerprint density at radius 2 is 1.89 bits per heavy atom. The lowest BCUT2D eigenvalue weighted by molar-refractivity contribution is -0.120. The first-order chi connectivity index (χ1) is 13.0. The molecule has 2 N–H and O–H groups in total. The smallest absolute Gasteiger partial charge is 0.221 e. The minimum absolute atomic E-state index is 0.0903. The van der Waals surface area contributed by atoms with Crippen LogP contribution in [0.15, 0.2) is 64.2 Å². The maximum Gasteiger partial charge on any atom is 0.221 e. The number of amides is 1. The van der Waals surface area contributed by atoms with Crippen LogP contribution in [-0.2, 0) is 21.2 Å². The molecule has 8 heteroatoms. The van der Waals surface area contributed by atoms with E-state index in [0.29, 0.717) is 6.54 Å². The van der Waals surface area contributed by atoms with Gasteiger partial charge in [0.05, 0.1) is 17.2 Å². The predicted octanol–water partition coefficient (Wildman–Crippen LogP) is 3.37.